The van der Waals surface area contributed by atoms with Crippen LogP contribution in [0.3, 0.4) is 0 Å². The summed E-state index contributed by atoms with van der Waals surface area (Å²) in [5, 5.41) is 0. The normalized spacial score (nSPS) is 8.20. The van der Waals surface area contributed by atoms with E-state index in [0.717, 1.165) is 0 Å². The number of hydrogen-bond donors (Lipinski definition) is 0. The van der Waals surface area contributed by atoms with E-state index in [4.69, 9.17) is 0 Å². The highest BCUT2D eigenvalue weighted by Gasteiger charge is 1.68. The third-order valence-corrected chi connectivity index (χ3v) is 0.349. The van der Waals surface area contributed by atoms with Crippen molar-refractivity contribution in [3.05, 3.63) is 0 Å². The Hall–Kier alpha value is 0.625. The van der Waals surface area contributed by atoms with Crippen LogP contribution in [0.25, 0.3) is 0 Å². The van der Waals surface area contributed by atoms with Gasteiger partial charge in [0.1, 0.15) is 11.9 Å². The minimum absolute atomic E-state index is 0.547. The number of hydrogen-bond acceptors (Lipinski definition) is 3. The quantitative estimate of drug-likeness (QED) is 0.227. The van der Waals surface area contributed by atoms with Crippen LogP contribution in [0, 0.1) is 0 Å². The van der Waals surface area contributed by atoms with Gasteiger partial charge in [0.05, 0.1) is 0 Å². The Kier molecular flexibility index (Phi) is 5.20. The molecule has 0 N–H and O–H groups in total. The number of halogens is 1. The Morgan fingerprint density at radius 2 is 2.40 bits per heavy atom. The molecule has 2 radical (unpaired) electrons. The average molecular weight is 110 g/mol. The zero-order chi connectivity index (χ0) is 4.12. The van der Waals surface area contributed by atoms with Gasteiger partial charge in [0.15, 0.2) is 0 Å². The van der Waals surface area contributed by atoms with Gasteiger partial charge in [0.25, 0.3) is 0 Å². The molecule has 5 heteroatoms. The van der Waals surface area contributed by atoms with Crippen molar-refractivity contribution in [1.82, 2.24) is 0 Å². The maximum Gasteiger partial charge on any atom is 0.207 e. The molecule has 0 aromatic rings. The fourth-order valence-corrected chi connectivity index (χ4v) is 0.134. The molecule has 0 aromatic heterocycles. The van der Waals surface area contributed by atoms with E-state index in [1.165, 1.54) is 0 Å². The standard InChI is InChI=1S/BClO2S/c1-5-4-3-2. The van der Waals surface area contributed by atoms with E-state index in [1.54, 1.807) is 0 Å². The van der Waals surface area contributed by atoms with Crippen molar-refractivity contribution in [3.8, 4) is 0 Å². The molecule has 0 fully saturated rings. The van der Waals surface area contributed by atoms with Crippen LogP contribution in [0.15, 0.2) is 0 Å². The van der Waals surface area contributed by atoms with Crippen molar-refractivity contribution in [2.45, 2.75) is 0 Å². The first-order valence-corrected chi connectivity index (χ1v) is 1.84. The summed E-state index contributed by atoms with van der Waals surface area (Å²) in [6.45, 7) is 0. The smallest absolute Gasteiger partial charge is 0.159 e. The molecule has 2 nitrogen and oxygen atoms in total. The van der Waals surface area contributed by atoms with E-state index < -0.39 is 0 Å². The van der Waals surface area contributed by atoms with Crippen LogP contribution in [0.2, 0.25) is 0 Å². The highest BCUT2D eigenvalue weighted by Crippen LogP contribution is 1.94. The van der Waals surface area contributed by atoms with E-state index in [0.29, 0.717) is 11.9 Å². The van der Waals surface area contributed by atoms with Gasteiger partial charge in [-0.05, 0) is 11.9 Å². The first-order chi connectivity index (χ1) is 2.41. The van der Waals surface area contributed by atoms with Crippen molar-refractivity contribution in [2.24, 2.45) is 0 Å². The van der Waals surface area contributed by atoms with Crippen LogP contribution in [-0.4, -0.2) is 7.12 Å². The topological polar surface area (TPSA) is 18.5 Å². The van der Waals surface area contributed by atoms with Crippen LogP contribution in [0.1, 0.15) is 0 Å². The summed E-state index contributed by atoms with van der Waals surface area (Å²) < 4.78 is 7.29. The van der Waals surface area contributed by atoms with E-state index >= 15 is 0 Å². The van der Waals surface area contributed by atoms with Gasteiger partial charge in [-0.1, -0.05) is 0 Å². The van der Waals surface area contributed by atoms with E-state index in [-0.39, 0.29) is 0 Å². The average Bonchev–Trinajstić information content (AvgIpc) is 1.41. The third-order valence-electron chi connectivity index (χ3n) is 0.0650. The molecular formula is BClO2S. The molecule has 0 aliphatic heterocycles. The summed E-state index contributed by atoms with van der Waals surface area (Å²) in [5.74, 6) is 0. The molecule has 0 saturated heterocycles. The first-order valence-electron chi connectivity index (χ1n) is 0.723. The van der Waals surface area contributed by atoms with Crippen molar-refractivity contribution < 1.29 is 8.77 Å². The molecule has 0 atom stereocenters. The fraction of sp³-hybridized carbons (Fsp3) is 0. The maximum absolute atomic E-state index is 4.62. The molecule has 5 heavy (non-hydrogen) atoms. The molecule has 0 rings (SSSR count). The molecule has 0 amide bonds. The molecule has 28 valence electrons. The van der Waals surface area contributed by atoms with E-state index in [9.17, 15) is 0 Å². The highest BCUT2D eigenvalue weighted by atomic mass is 35.5. The summed E-state index contributed by atoms with van der Waals surface area (Å²) in [4.78, 5) is 0. The van der Waals surface area contributed by atoms with Crippen LogP contribution >= 0.6 is 23.8 Å². The summed E-state index contributed by atoms with van der Waals surface area (Å²) in [6.07, 6.45) is 0. The van der Waals surface area contributed by atoms with Crippen LogP contribution in [0.5, 0.6) is 0 Å². The van der Waals surface area contributed by atoms with Gasteiger partial charge in [-0.15, -0.1) is 4.44 Å². The van der Waals surface area contributed by atoms with Crippen LogP contribution in [-0.2, 0) is 8.77 Å². The second-order valence-electron chi connectivity index (χ2n) is 0.227. The van der Waals surface area contributed by atoms with E-state index in [1.807, 2.05) is 0 Å². The van der Waals surface area contributed by atoms with Gasteiger partial charge >= 0.3 is 0 Å². The zero-order valence-electron chi connectivity index (χ0n) is 2.18. The van der Waals surface area contributed by atoms with Crippen LogP contribution < -0.4 is 0 Å². The van der Waals surface area contributed by atoms with Crippen molar-refractivity contribution in [2.75, 3.05) is 0 Å². The molecule has 0 saturated carbocycles. The number of rotatable bonds is 2. The van der Waals surface area contributed by atoms with Gasteiger partial charge < -0.3 is 0 Å². The Labute approximate surface area is 40.4 Å². The molecule has 0 heterocycles. The lowest BCUT2D eigenvalue weighted by atomic mass is 10.8. The van der Waals surface area contributed by atoms with Crippen molar-refractivity contribution in [3.63, 3.8) is 0 Å². The van der Waals surface area contributed by atoms with Gasteiger partial charge in [0, 0.05) is 0 Å². The molecule has 0 aliphatic rings. The zero-order valence-corrected chi connectivity index (χ0v) is 3.75. The predicted octanol–water partition coefficient (Wildman–Crippen LogP) is 0.820. The third kappa shape index (κ3) is 4.62. The second-order valence-corrected chi connectivity index (χ2v) is 0.682. The predicted molar refractivity (Wildman–Crippen MR) is 21.4 cm³/mol. The molecule has 0 aromatic carbocycles. The minimum atomic E-state index is 0.547. The summed E-state index contributed by atoms with van der Waals surface area (Å²) in [7, 11) is 4.62. The minimum Gasteiger partial charge on any atom is -0.159 e. The molecule has 0 bridgehead atoms. The summed E-state index contributed by atoms with van der Waals surface area (Å²) in [5.41, 5.74) is 0. The van der Waals surface area contributed by atoms with Crippen molar-refractivity contribution in [1.29, 1.82) is 0 Å². The maximum atomic E-state index is 4.62. The summed E-state index contributed by atoms with van der Waals surface area (Å²) >= 11 is 5.03. The molecule has 0 aliphatic carbocycles. The molecule has 0 unspecified atom stereocenters. The Morgan fingerprint density at radius 3 is 2.40 bits per heavy atom. The monoisotopic (exact) mass is 110 g/mol. The van der Waals surface area contributed by atoms with Crippen LogP contribution in [0.4, 0.5) is 0 Å². The van der Waals surface area contributed by atoms with Crippen molar-refractivity contribution >= 4 is 30.9 Å². The first kappa shape index (κ1) is 5.62. The second kappa shape index (κ2) is 4.62. The fourth-order valence-electron chi connectivity index (χ4n) is 0.0148. The van der Waals surface area contributed by atoms with Gasteiger partial charge in [0.2, 0.25) is 7.12 Å². The SMILES string of the molecule is [B]SOOCl. The van der Waals surface area contributed by atoms with Gasteiger partial charge in [-0.25, -0.2) is 0 Å². The Bertz CT molecular complexity index is 17.1. The largest absolute Gasteiger partial charge is 0.207 e. The Balaban J connectivity index is 2.19. The van der Waals surface area contributed by atoms with E-state index in [2.05, 4.69) is 27.8 Å². The summed E-state index contributed by atoms with van der Waals surface area (Å²) in [6, 6.07) is 0. The molecule has 0 spiro atoms. The lowest BCUT2D eigenvalue weighted by Crippen LogP contribution is -1.63. The lowest BCUT2D eigenvalue weighted by molar-refractivity contribution is -0.0661. The van der Waals surface area contributed by atoms with Gasteiger partial charge in [-0.2, -0.15) is 4.33 Å². The highest BCUT2D eigenvalue weighted by molar-refractivity contribution is 8.15. The lowest BCUT2D eigenvalue weighted by Gasteiger charge is -1.80. The Morgan fingerprint density at radius 1 is 1.80 bits per heavy atom. The van der Waals surface area contributed by atoms with Gasteiger partial charge in [-0.3, -0.25) is 0 Å². The molecular weight excluding hydrogens is 110 g/mol.